The van der Waals surface area contributed by atoms with Crippen LogP contribution in [-0.4, -0.2) is 41.9 Å². The summed E-state index contributed by atoms with van der Waals surface area (Å²) in [5, 5.41) is 3.01. The van der Waals surface area contributed by atoms with Crippen molar-refractivity contribution in [3.63, 3.8) is 0 Å². The summed E-state index contributed by atoms with van der Waals surface area (Å²) in [6, 6.07) is 7.08. The van der Waals surface area contributed by atoms with Crippen LogP contribution in [0.2, 0.25) is 5.02 Å². The van der Waals surface area contributed by atoms with Gasteiger partial charge in [0.2, 0.25) is 5.91 Å². The lowest BCUT2D eigenvalue weighted by molar-refractivity contribution is -0.151. The first-order valence-electron chi connectivity index (χ1n) is 9.05. The number of nitrogens with zero attached hydrogens (tertiary/aromatic N) is 1. The van der Waals surface area contributed by atoms with Crippen LogP contribution in [0.5, 0.6) is 0 Å². The molecule has 1 aromatic carbocycles. The summed E-state index contributed by atoms with van der Waals surface area (Å²) in [6.45, 7) is 0.00659. The Hall–Kier alpha value is -2.08. The average Bonchev–Trinajstić information content (AvgIpc) is 3.04. The Morgan fingerprint density at radius 2 is 1.92 bits per heavy atom. The van der Waals surface area contributed by atoms with Gasteiger partial charge in [-0.3, -0.25) is 14.4 Å². The largest absolute Gasteiger partial charge is 0.455 e. The Morgan fingerprint density at radius 1 is 1.19 bits per heavy atom. The van der Waals surface area contributed by atoms with Crippen molar-refractivity contribution in [3.8, 4) is 0 Å². The molecule has 1 N–H and O–H groups in total. The Balaban J connectivity index is 1.47. The monoisotopic (exact) mass is 378 g/mol. The lowest BCUT2D eigenvalue weighted by Gasteiger charge is -2.31. The van der Waals surface area contributed by atoms with Gasteiger partial charge in [0.05, 0.1) is 16.6 Å². The van der Waals surface area contributed by atoms with E-state index in [1.165, 1.54) is 6.42 Å². The molecular weight excluding hydrogens is 356 g/mol. The first-order chi connectivity index (χ1) is 12.5. The highest BCUT2D eigenvalue weighted by atomic mass is 35.5. The van der Waals surface area contributed by atoms with E-state index in [0.717, 1.165) is 25.7 Å². The third-order valence-corrected chi connectivity index (χ3v) is 5.33. The van der Waals surface area contributed by atoms with Gasteiger partial charge in [-0.05, 0) is 25.0 Å². The predicted molar refractivity (Wildman–Crippen MR) is 97.7 cm³/mol. The van der Waals surface area contributed by atoms with Crippen LogP contribution in [0.1, 0.15) is 38.5 Å². The van der Waals surface area contributed by atoms with Gasteiger partial charge in [0.25, 0.3) is 5.91 Å². The van der Waals surface area contributed by atoms with Crippen LogP contribution in [-0.2, 0) is 19.1 Å². The van der Waals surface area contributed by atoms with Crippen molar-refractivity contribution in [2.45, 2.75) is 44.6 Å². The number of carbonyl (C=O) groups is 3. The summed E-state index contributed by atoms with van der Waals surface area (Å²) in [7, 11) is 0. The Morgan fingerprint density at radius 3 is 2.65 bits per heavy atom. The SMILES string of the molecule is O=C(COC(=O)[C@@H]1CC(=O)N(C2CCCCC2)C1)Nc1ccccc1Cl. The minimum absolute atomic E-state index is 0.0133. The van der Waals surface area contributed by atoms with Crippen LogP contribution in [0.4, 0.5) is 5.69 Å². The number of rotatable bonds is 5. The van der Waals surface area contributed by atoms with Gasteiger partial charge in [0, 0.05) is 19.0 Å². The second-order valence-corrected chi connectivity index (χ2v) is 7.28. The van der Waals surface area contributed by atoms with Gasteiger partial charge in [0.15, 0.2) is 6.61 Å². The summed E-state index contributed by atoms with van der Waals surface area (Å²) in [5.41, 5.74) is 0.467. The highest BCUT2D eigenvalue weighted by molar-refractivity contribution is 6.33. The maximum absolute atomic E-state index is 12.2. The number of amides is 2. The minimum atomic E-state index is -0.494. The number of hydrogen-bond donors (Lipinski definition) is 1. The van der Waals surface area contributed by atoms with Crippen molar-refractivity contribution < 1.29 is 19.1 Å². The lowest BCUT2D eigenvalue weighted by Crippen LogP contribution is -2.38. The highest BCUT2D eigenvalue weighted by Gasteiger charge is 2.39. The van der Waals surface area contributed by atoms with Crippen LogP contribution >= 0.6 is 11.6 Å². The fourth-order valence-corrected chi connectivity index (χ4v) is 3.82. The molecule has 1 saturated carbocycles. The number of halogens is 1. The number of nitrogens with one attached hydrogen (secondary N) is 1. The third kappa shape index (κ3) is 4.55. The van der Waals surface area contributed by atoms with Gasteiger partial charge in [-0.1, -0.05) is 43.0 Å². The maximum atomic E-state index is 12.2. The van der Waals surface area contributed by atoms with Gasteiger partial charge in [-0.25, -0.2) is 0 Å². The fraction of sp³-hybridized carbons (Fsp3) is 0.526. The van der Waals surface area contributed by atoms with E-state index in [-0.39, 0.29) is 18.4 Å². The fourth-order valence-electron chi connectivity index (χ4n) is 3.64. The van der Waals surface area contributed by atoms with Gasteiger partial charge < -0.3 is 15.0 Å². The van der Waals surface area contributed by atoms with Crippen LogP contribution < -0.4 is 5.32 Å². The molecule has 6 nitrogen and oxygen atoms in total. The molecule has 0 aromatic heterocycles. The molecule has 3 rings (SSSR count). The number of benzene rings is 1. The molecule has 0 spiro atoms. The van der Waals surface area contributed by atoms with Crippen molar-refractivity contribution in [3.05, 3.63) is 29.3 Å². The first-order valence-corrected chi connectivity index (χ1v) is 9.43. The molecule has 7 heteroatoms. The van der Waals surface area contributed by atoms with Gasteiger partial charge >= 0.3 is 5.97 Å². The molecule has 2 aliphatic rings. The standard InChI is InChI=1S/C19H23ClN2O4/c20-15-8-4-5-9-16(15)21-17(23)12-26-19(25)13-10-18(24)22(11-13)14-6-2-1-3-7-14/h4-5,8-9,13-14H,1-3,6-7,10-12H2,(H,21,23)/t13-/m1/s1. The zero-order valence-corrected chi connectivity index (χ0v) is 15.3. The van der Waals surface area contributed by atoms with E-state index in [9.17, 15) is 14.4 Å². The first kappa shape index (κ1) is 18.7. The molecule has 1 aliphatic carbocycles. The van der Waals surface area contributed by atoms with Crippen molar-refractivity contribution in [2.24, 2.45) is 5.92 Å². The molecule has 2 fully saturated rings. The summed E-state index contributed by atoms with van der Waals surface area (Å²) in [5.74, 6) is -1.43. The number of anilines is 1. The minimum Gasteiger partial charge on any atom is -0.455 e. The third-order valence-electron chi connectivity index (χ3n) is 5.00. The molecule has 0 bridgehead atoms. The maximum Gasteiger partial charge on any atom is 0.311 e. The zero-order chi connectivity index (χ0) is 18.5. The van der Waals surface area contributed by atoms with Gasteiger partial charge in [0.1, 0.15) is 0 Å². The molecule has 0 radical (unpaired) electrons. The number of carbonyl (C=O) groups excluding carboxylic acids is 3. The molecule has 1 aromatic rings. The molecule has 1 aliphatic heterocycles. The Kier molecular flexibility index (Phi) is 6.14. The molecule has 1 heterocycles. The topological polar surface area (TPSA) is 75.7 Å². The highest BCUT2D eigenvalue weighted by Crippen LogP contribution is 2.29. The number of likely N-dealkylation sites (tertiary alicyclic amines) is 1. The van der Waals surface area contributed by atoms with Crippen molar-refractivity contribution >= 4 is 35.1 Å². The Labute approximate surface area is 157 Å². The number of esters is 1. The van der Waals surface area contributed by atoms with Crippen molar-refractivity contribution in [1.29, 1.82) is 0 Å². The summed E-state index contributed by atoms with van der Waals surface area (Å²) in [6.07, 6.45) is 5.66. The smallest absolute Gasteiger partial charge is 0.311 e. The molecule has 2 amide bonds. The van der Waals surface area contributed by atoms with Crippen molar-refractivity contribution in [1.82, 2.24) is 4.90 Å². The molecule has 1 saturated heterocycles. The lowest BCUT2D eigenvalue weighted by atomic mass is 9.94. The van der Waals surface area contributed by atoms with E-state index in [1.807, 2.05) is 4.90 Å². The second kappa shape index (κ2) is 8.54. The van der Waals surface area contributed by atoms with E-state index >= 15 is 0 Å². The normalized spacial score (nSPS) is 20.9. The van der Waals surface area contributed by atoms with E-state index in [1.54, 1.807) is 24.3 Å². The number of ether oxygens (including phenoxy) is 1. The summed E-state index contributed by atoms with van der Waals surface area (Å²) in [4.78, 5) is 38.2. The van der Waals surface area contributed by atoms with Crippen LogP contribution in [0.3, 0.4) is 0 Å². The molecule has 26 heavy (non-hydrogen) atoms. The molecule has 140 valence electrons. The quantitative estimate of drug-likeness (QED) is 0.799. The van der Waals surface area contributed by atoms with Crippen LogP contribution in [0.15, 0.2) is 24.3 Å². The van der Waals surface area contributed by atoms with Crippen molar-refractivity contribution in [2.75, 3.05) is 18.5 Å². The number of hydrogen-bond acceptors (Lipinski definition) is 4. The zero-order valence-electron chi connectivity index (χ0n) is 14.6. The van der Waals surface area contributed by atoms with Gasteiger partial charge in [-0.15, -0.1) is 0 Å². The van der Waals surface area contributed by atoms with E-state index in [0.29, 0.717) is 17.3 Å². The van der Waals surface area contributed by atoms with Crippen LogP contribution in [0.25, 0.3) is 0 Å². The number of para-hydroxylation sites is 1. The Bertz CT molecular complexity index is 688. The predicted octanol–water partition coefficient (Wildman–Crippen LogP) is 3.00. The van der Waals surface area contributed by atoms with Gasteiger partial charge in [-0.2, -0.15) is 0 Å². The van der Waals surface area contributed by atoms with E-state index in [2.05, 4.69) is 5.32 Å². The van der Waals surface area contributed by atoms with E-state index in [4.69, 9.17) is 16.3 Å². The molecular formula is C19H23ClN2O4. The summed E-state index contributed by atoms with van der Waals surface area (Å²) >= 11 is 5.98. The second-order valence-electron chi connectivity index (χ2n) is 6.87. The van der Waals surface area contributed by atoms with Crippen LogP contribution in [0, 0.1) is 5.92 Å². The molecule has 0 unspecified atom stereocenters. The average molecular weight is 379 g/mol. The van der Waals surface area contributed by atoms with E-state index < -0.39 is 24.4 Å². The summed E-state index contributed by atoms with van der Waals surface area (Å²) < 4.78 is 5.11. The molecule has 1 atom stereocenters.